The van der Waals surface area contributed by atoms with E-state index < -0.39 is 11.9 Å². The second-order valence-corrected chi connectivity index (χ2v) is 5.67. The van der Waals surface area contributed by atoms with Crippen molar-refractivity contribution in [2.75, 3.05) is 26.1 Å². The van der Waals surface area contributed by atoms with Gasteiger partial charge in [-0.2, -0.15) is 0 Å². The van der Waals surface area contributed by atoms with Gasteiger partial charge in [-0.05, 0) is 25.1 Å². The number of methoxy groups -OCH3 is 2. The summed E-state index contributed by atoms with van der Waals surface area (Å²) in [5, 5.41) is 21.5. The zero-order valence-corrected chi connectivity index (χ0v) is 13.8. The molecule has 0 fully saturated rings. The summed E-state index contributed by atoms with van der Waals surface area (Å²) in [5.41, 5.74) is 0.502. The molecule has 23 heavy (non-hydrogen) atoms. The number of ether oxygens (including phenoxy) is 2. The standard InChI is InChI=1S/C14H19N3O5S/c1-8(21-2)23-14(15)17-13(20)9-4-5-10(11(6-9)22-3)16-7-12(18)19/h4-6,8,16H,7H2,1-3H3,(H,18,19)(H2,15,17,20). The van der Waals surface area contributed by atoms with E-state index in [1.54, 1.807) is 13.0 Å². The number of amides is 1. The molecule has 0 aliphatic rings. The Balaban J connectivity index is 2.78. The number of hydrogen-bond acceptors (Lipinski definition) is 7. The summed E-state index contributed by atoms with van der Waals surface area (Å²) < 4.78 is 10.1. The lowest BCUT2D eigenvalue weighted by Crippen LogP contribution is -2.29. The van der Waals surface area contributed by atoms with Crippen molar-refractivity contribution < 1.29 is 24.2 Å². The van der Waals surface area contributed by atoms with Crippen molar-refractivity contribution in [2.45, 2.75) is 12.4 Å². The highest BCUT2D eigenvalue weighted by Gasteiger charge is 2.14. The smallest absolute Gasteiger partial charge is 0.322 e. The maximum absolute atomic E-state index is 12.1. The highest BCUT2D eigenvalue weighted by atomic mass is 32.2. The molecule has 4 N–H and O–H groups in total. The molecule has 1 aromatic rings. The molecule has 1 rings (SSSR count). The average Bonchev–Trinajstić information content (AvgIpc) is 2.52. The van der Waals surface area contributed by atoms with Gasteiger partial charge in [0.15, 0.2) is 5.17 Å². The minimum absolute atomic E-state index is 0.0311. The second kappa shape index (κ2) is 9.01. The molecule has 1 atom stereocenters. The first-order valence-corrected chi connectivity index (χ1v) is 7.48. The SMILES string of the molecule is COc1cc(C(=O)NC(=N)SC(C)OC)ccc1NCC(=O)O. The lowest BCUT2D eigenvalue weighted by Gasteiger charge is -2.13. The molecule has 0 aromatic heterocycles. The van der Waals surface area contributed by atoms with Gasteiger partial charge >= 0.3 is 5.97 Å². The van der Waals surface area contributed by atoms with Crippen LogP contribution in [0.4, 0.5) is 5.69 Å². The normalized spacial score (nSPS) is 11.4. The van der Waals surface area contributed by atoms with Gasteiger partial charge < -0.3 is 25.2 Å². The summed E-state index contributed by atoms with van der Waals surface area (Å²) in [6, 6.07) is 4.53. The molecule has 9 heteroatoms. The van der Waals surface area contributed by atoms with Gasteiger partial charge in [0, 0.05) is 12.7 Å². The van der Waals surface area contributed by atoms with Gasteiger partial charge in [-0.3, -0.25) is 15.0 Å². The van der Waals surface area contributed by atoms with Crippen LogP contribution in [-0.4, -0.2) is 48.4 Å². The Bertz CT molecular complexity index is 594. The molecular formula is C14H19N3O5S. The van der Waals surface area contributed by atoms with E-state index in [2.05, 4.69) is 10.6 Å². The third-order valence-electron chi connectivity index (χ3n) is 2.74. The Morgan fingerprint density at radius 1 is 1.39 bits per heavy atom. The third-order valence-corrected chi connectivity index (χ3v) is 3.60. The van der Waals surface area contributed by atoms with Crippen molar-refractivity contribution >= 4 is 34.5 Å². The molecular weight excluding hydrogens is 322 g/mol. The molecule has 0 radical (unpaired) electrons. The Morgan fingerprint density at radius 3 is 2.65 bits per heavy atom. The summed E-state index contributed by atoms with van der Waals surface area (Å²) in [4.78, 5) is 22.7. The number of anilines is 1. The Labute approximate surface area is 138 Å². The minimum Gasteiger partial charge on any atom is -0.495 e. The molecule has 8 nitrogen and oxygen atoms in total. The van der Waals surface area contributed by atoms with Crippen LogP contribution < -0.4 is 15.4 Å². The van der Waals surface area contributed by atoms with Gasteiger partial charge in [-0.15, -0.1) is 0 Å². The first-order valence-electron chi connectivity index (χ1n) is 6.60. The van der Waals surface area contributed by atoms with Crippen LogP contribution in [-0.2, 0) is 9.53 Å². The number of carboxylic acids is 1. The number of thioether (sulfide) groups is 1. The molecule has 1 aromatic carbocycles. The predicted octanol–water partition coefficient (Wildman–Crippen LogP) is 1.58. The fourth-order valence-electron chi connectivity index (χ4n) is 1.57. The number of nitrogens with one attached hydrogen (secondary N) is 3. The van der Waals surface area contributed by atoms with Crippen molar-refractivity contribution in [1.82, 2.24) is 5.32 Å². The van der Waals surface area contributed by atoms with Crippen molar-refractivity contribution in [3.8, 4) is 5.75 Å². The zero-order chi connectivity index (χ0) is 17.4. The van der Waals surface area contributed by atoms with Crippen molar-refractivity contribution in [3.63, 3.8) is 0 Å². The van der Waals surface area contributed by atoms with E-state index in [0.29, 0.717) is 11.4 Å². The van der Waals surface area contributed by atoms with Crippen molar-refractivity contribution in [2.24, 2.45) is 0 Å². The quantitative estimate of drug-likeness (QED) is 0.337. The van der Waals surface area contributed by atoms with Crippen LogP contribution >= 0.6 is 11.8 Å². The van der Waals surface area contributed by atoms with Crippen LogP contribution in [0.25, 0.3) is 0 Å². The molecule has 0 bridgehead atoms. The first kappa shape index (κ1) is 18.8. The van der Waals surface area contributed by atoms with Gasteiger partial charge in [0.1, 0.15) is 17.7 Å². The Morgan fingerprint density at radius 2 is 2.09 bits per heavy atom. The average molecular weight is 341 g/mol. The molecule has 0 aliphatic carbocycles. The van der Waals surface area contributed by atoms with Crippen LogP contribution in [0.15, 0.2) is 18.2 Å². The number of benzene rings is 1. The fraction of sp³-hybridized carbons (Fsp3) is 0.357. The topological polar surface area (TPSA) is 121 Å². The van der Waals surface area contributed by atoms with Crippen LogP contribution in [0.1, 0.15) is 17.3 Å². The number of carboxylic acid groups (broad SMARTS) is 1. The van der Waals surface area contributed by atoms with Crippen LogP contribution in [0.3, 0.4) is 0 Å². The van der Waals surface area contributed by atoms with Gasteiger partial charge in [0.05, 0.1) is 12.8 Å². The number of amidine groups is 1. The van der Waals surface area contributed by atoms with E-state index in [1.165, 1.54) is 26.4 Å². The lowest BCUT2D eigenvalue weighted by molar-refractivity contribution is -0.134. The van der Waals surface area contributed by atoms with Gasteiger partial charge in [-0.1, -0.05) is 11.8 Å². The zero-order valence-electron chi connectivity index (χ0n) is 13.0. The second-order valence-electron chi connectivity index (χ2n) is 4.37. The maximum atomic E-state index is 12.1. The van der Waals surface area contributed by atoms with E-state index >= 15 is 0 Å². The number of carbonyl (C=O) groups is 2. The highest BCUT2D eigenvalue weighted by Crippen LogP contribution is 2.25. The van der Waals surface area contributed by atoms with Crippen molar-refractivity contribution in [1.29, 1.82) is 5.41 Å². The van der Waals surface area contributed by atoms with Crippen LogP contribution in [0.2, 0.25) is 0 Å². The molecule has 0 saturated heterocycles. The summed E-state index contributed by atoms with van der Waals surface area (Å²) >= 11 is 1.07. The lowest BCUT2D eigenvalue weighted by atomic mass is 10.1. The Hall–Kier alpha value is -2.26. The van der Waals surface area contributed by atoms with E-state index in [0.717, 1.165) is 11.8 Å². The highest BCUT2D eigenvalue weighted by molar-refractivity contribution is 8.14. The summed E-state index contributed by atoms with van der Waals surface area (Å²) in [6.07, 6.45) is 0. The van der Waals surface area contributed by atoms with Gasteiger partial charge in [-0.25, -0.2) is 0 Å². The molecule has 0 saturated carbocycles. The molecule has 0 aliphatic heterocycles. The summed E-state index contributed by atoms with van der Waals surface area (Å²) in [5.74, 6) is -1.14. The summed E-state index contributed by atoms with van der Waals surface area (Å²) in [6.45, 7) is 1.50. The number of rotatable bonds is 7. The molecule has 1 amide bonds. The maximum Gasteiger partial charge on any atom is 0.322 e. The van der Waals surface area contributed by atoms with Crippen LogP contribution in [0, 0.1) is 5.41 Å². The molecule has 0 heterocycles. The fourth-order valence-corrected chi connectivity index (χ4v) is 2.15. The third kappa shape index (κ3) is 6.17. The van der Waals surface area contributed by atoms with E-state index in [-0.39, 0.29) is 22.7 Å². The number of carbonyl (C=O) groups excluding carboxylic acids is 1. The Kier molecular flexibility index (Phi) is 7.36. The first-order chi connectivity index (χ1) is 10.9. The number of aliphatic carboxylic acids is 1. The summed E-state index contributed by atoms with van der Waals surface area (Å²) in [7, 11) is 2.93. The van der Waals surface area contributed by atoms with E-state index in [1.807, 2.05) is 0 Å². The molecule has 126 valence electrons. The molecule has 0 spiro atoms. The van der Waals surface area contributed by atoms with Crippen molar-refractivity contribution in [3.05, 3.63) is 23.8 Å². The van der Waals surface area contributed by atoms with Gasteiger partial charge in [0.2, 0.25) is 0 Å². The predicted molar refractivity (Wildman–Crippen MR) is 88.4 cm³/mol. The van der Waals surface area contributed by atoms with Gasteiger partial charge in [0.25, 0.3) is 5.91 Å². The number of hydrogen-bond donors (Lipinski definition) is 4. The van der Waals surface area contributed by atoms with E-state index in [9.17, 15) is 9.59 Å². The minimum atomic E-state index is -1.01. The monoisotopic (exact) mass is 341 g/mol. The largest absolute Gasteiger partial charge is 0.495 e. The molecule has 1 unspecified atom stereocenters. The van der Waals surface area contributed by atoms with Crippen LogP contribution in [0.5, 0.6) is 5.75 Å². The van der Waals surface area contributed by atoms with E-state index in [4.69, 9.17) is 20.0 Å².